The summed E-state index contributed by atoms with van der Waals surface area (Å²) in [5.74, 6) is 0. The van der Waals surface area contributed by atoms with Gasteiger partial charge in [-0.1, -0.05) is 38.1 Å². The highest BCUT2D eigenvalue weighted by molar-refractivity contribution is 5.27. The Hall–Kier alpha value is -1.57. The van der Waals surface area contributed by atoms with Crippen molar-refractivity contribution in [3.05, 3.63) is 52.8 Å². The molecule has 0 amide bonds. The third kappa shape index (κ3) is 3.46. The molecule has 18 heavy (non-hydrogen) atoms. The predicted molar refractivity (Wildman–Crippen MR) is 77.9 cm³/mol. The van der Waals surface area contributed by atoms with Gasteiger partial charge in [-0.05, 0) is 43.4 Å². The minimum Gasteiger partial charge on any atom is -0.273 e. The predicted octanol–water partition coefficient (Wildman–Crippen LogP) is 3.85. The lowest BCUT2D eigenvalue weighted by molar-refractivity contribution is 0.737. The van der Waals surface area contributed by atoms with Crippen LogP contribution >= 0.6 is 0 Å². The van der Waals surface area contributed by atoms with Crippen LogP contribution in [0, 0.1) is 13.8 Å². The fourth-order valence-electron chi connectivity index (χ4n) is 1.95. The number of aryl methyl sites for hydroxylation is 4. The van der Waals surface area contributed by atoms with E-state index in [1.165, 1.54) is 22.4 Å². The van der Waals surface area contributed by atoms with Crippen LogP contribution in [0.4, 0.5) is 0 Å². The van der Waals surface area contributed by atoms with Gasteiger partial charge < -0.3 is 0 Å². The highest BCUT2D eigenvalue weighted by Gasteiger charge is 2.04. The summed E-state index contributed by atoms with van der Waals surface area (Å²) in [7, 11) is 1.99. The maximum absolute atomic E-state index is 4.27. The van der Waals surface area contributed by atoms with E-state index in [0.717, 1.165) is 12.8 Å². The molecule has 0 saturated carbocycles. The van der Waals surface area contributed by atoms with Gasteiger partial charge in [0, 0.05) is 12.7 Å². The zero-order valence-corrected chi connectivity index (χ0v) is 12.2. The summed E-state index contributed by atoms with van der Waals surface area (Å²) in [6.07, 6.45) is 4.15. The molecule has 2 rings (SSSR count). The third-order valence-corrected chi connectivity index (χ3v) is 3.26. The second-order valence-electron chi connectivity index (χ2n) is 4.31. The fraction of sp³-hybridized carbons (Fsp3) is 0.438. The smallest absolute Gasteiger partial charge is 0.0524 e. The van der Waals surface area contributed by atoms with Gasteiger partial charge in [0.25, 0.3) is 0 Å². The van der Waals surface area contributed by atoms with Crippen LogP contribution in [0.25, 0.3) is 0 Å². The molecule has 0 aliphatic carbocycles. The van der Waals surface area contributed by atoms with Crippen molar-refractivity contribution in [3.63, 3.8) is 0 Å². The molecule has 0 aliphatic rings. The van der Waals surface area contributed by atoms with E-state index in [1.54, 1.807) is 0 Å². The lowest BCUT2D eigenvalue weighted by Gasteiger charge is -2.05. The fourth-order valence-corrected chi connectivity index (χ4v) is 1.95. The molecule has 0 bridgehead atoms. The SMILES string of the molecule is CC.Cc1ccccc1CCc1cnn(C)c1C. The average Bonchev–Trinajstić information content (AvgIpc) is 2.72. The van der Waals surface area contributed by atoms with Crippen molar-refractivity contribution in [3.8, 4) is 0 Å². The summed E-state index contributed by atoms with van der Waals surface area (Å²) in [4.78, 5) is 0. The first-order chi connectivity index (χ1) is 8.68. The van der Waals surface area contributed by atoms with E-state index in [4.69, 9.17) is 0 Å². The standard InChI is InChI=1S/C14H18N2.C2H6/c1-11-6-4-5-7-13(11)8-9-14-10-15-16(3)12(14)2;1-2/h4-7,10H,8-9H2,1-3H3;1-2H3. The van der Waals surface area contributed by atoms with Crippen molar-refractivity contribution in [2.45, 2.75) is 40.5 Å². The van der Waals surface area contributed by atoms with Gasteiger partial charge in [0.05, 0.1) is 6.20 Å². The van der Waals surface area contributed by atoms with Crippen molar-refractivity contribution in [2.75, 3.05) is 0 Å². The molecule has 0 N–H and O–H groups in total. The first kappa shape index (κ1) is 14.5. The highest BCUT2D eigenvalue weighted by Crippen LogP contribution is 2.13. The Morgan fingerprint density at radius 1 is 1.00 bits per heavy atom. The van der Waals surface area contributed by atoms with Crippen LogP contribution in [0.15, 0.2) is 30.5 Å². The number of benzene rings is 1. The van der Waals surface area contributed by atoms with Crippen molar-refractivity contribution in [2.24, 2.45) is 7.05 Å². The van der Waals surface area contributed by atoms with Crippen molar-refractivity contribution in [1.29, 1.82) is 0 Å². The molecule has 0 spiro atoms. The van der Waals surface area contributed by atoms with Gasteiger partial charge in [0.2, 0.25) is 0 Å². The number of hydrogen-bond donors (Lipinski definition) is 0. The summed E-state index contributed by atoms with van der Waals surface area (Å²) >= 11 is 0. The Balaban J connectivity index is 0.000000771. The quantitative estimate of drug-likeness (QED) is 0.802. The van der Waals surface area contributed by atoms with Crippen molar-refractivity contribution in [1.82, 2.24) is 9.78 Å². The molecule has 0 radical (unpaired) electrons. The minimum atomic E-state index is 1.07. The Kier molecular flexibility index (Phi) is 5.63. The van der Waals surface area contributed by atoms with Gasteiger partial charge in [-0.3, -0.25) is 4.68 Å². The topological polar surface area (TPSA) is 17.8 Å². The van der Waals surface area contributed by atoms with E-state index in [-0.39, 0.29) is 0 Å². The summed E-state index contributed by atoms with van der Waals surface area (Å²) in [6.45, 7) is 8.30. The monoisotopic (exact) mass is 244 g/mol. The molecule has 0 fully saturated rings. The van der Waals surface area contributed by atoms with E-state index in [1.807, 2.05) is 31.8 Å². The molecule has 98 valence electrons. The normalized spacial score (nSPS) is 9.83. The molecule has 1 heterocycles. The van der Waals surface area contributed by atoms with Crippen LogP contribution in [0.2, 0.25) is 0 Å². The Labute approximate surface area is 111 Å². The van der Waals surface area contributed by atoms with Crippen LogP contribution in [0.1, 0.15) is 36.2 Å². The largest absolute Gasteiger partial charge is 0.273 e. The molecule has 0 aliphatic heterocycles. The number of nitrogens with zero attached hydrogens (tertiary/aromatic N) is 2. The number of rotatable bonds is 3. The van der Waals surface area contributed by atoms with Crippen LogP contribution < -0.4 is 0 Å². The van der Waals surface area contributed by atoms with Gasteiger partial charge in [-0.2, -0.15) is 5.10 Å². The molecular weight excluding hydrogens is 220 g/mol. The van der Waals surface area contributed by atoms with Crippen molar-refractivity contribution < 1.29 is 0 Å². The zero-order chi connectivity index (χ0) is 13.5. The van der Waals surface area contributed by atoms with Gasteiger partial charge in [0.1, 0.15) is 0 Å². The van der Waals surface area contributed by atoms with Crippen molar-refractivity contribution >= 4 is 0 Å². The Bertz CT molecular complexity index is 484. The zero-order valence-electron chi connectivity index (χ0n) is 12.2. The molecule has 1 aromatic carbocycles. The van der Waals surface area contributed by atoms with Crippen LogP contribution in [0.5, 0.6) is 0 Å². The molecule has 2 heteroatoms. The molecular formula is C16H24N2. The molecule has 0 atom stereocenters. The summed E-state index contributed by atoms with van der Waals surface area (Å²) in [5.41, 5.74) is 5.44. The summed E-state index contributed by atoms with van der Waals surface area (Å²) in [5, 5.41) is 4.27. The summed E-state index contributed by atoms with van der Waals surface area (Å²) < 4.78 is 1.94. The lowest BCUT2D eigenvalue weighted by Crippen LogP contribution is -1.97. The maximum Gasteiger partial charge on any atom is 0.0524 e. The van der Waals surface area contributed by atoms with E-state index >= 15 is 0 Å². The lowest BCUT2D eigenvalue weighted by atomic mass is 10.0. The van der Waals surface area contributed by atoms with E-state index in [2.05, 4.69) is 43.2 Å². The van der Waals surface area contributed by atoms with Gasteiger partial charge in [0.15, 0.2) is 0 Å². The molecule has 1 aromatic heterocycles. The first-order valence-electron chi connectivity index (χ1n) is 6.70. The third-order valence-electron chi connectivity index (χ3n) is 3.26. The van der Waals surface area contributed by atoms with Gasteiger partial charge in [-0.25, -0.2) is 0 Å². The second kappa shape index (κ2) is 7.00. The summed E-state index contributed by atoms with van der Waals surface area (Å²) in [6, 6.07) is 8.58. The highest BCUT2D eigenvalue weighted by atomic mass is 15.3. The maximum atomic E-state index is 4.27. The van der Waals surface area contributed by atoms with E-state index in [9.17, 15) is 0 Å². The average molecular weight is 244 g/mol. The number of aromatic nitrogens is 2. The first-order valence-corrected chi connectivity index (χ1v) is 6.70. The molecule has 2 aromatic rings. The van der Waals surface area contributed by atoms with Gasteiger partial charge >= 0.3 is 0 Å². The minimum absolute atomic E-state index is 1.07. The van der Waals surface area contributed by atoms with Gasteiger partial charge in [-0.15, -0.1) is 0 Å². The molecule has 2 nitrogen and oxygen atoms in total. The van der Waals surface area contributed by atoms with E-state index < -0.39 is 0 Å². The van der Waals surface area contributed by atoms with Crippen LogP contribution in [-0.4, -0.2) is 9.78 Å². The number of hydrogen-bond acceptors (Lipinski definition) is 1. The second-order valence-corrected chi connectivity index (χ2v) is 4.31. The van der Waals surface area contributed by atoms with Crippen LogP contribution in [0.3, 0.4) is 0 Å². The Morgan fingerprint density at radius 3 is 2.17 bits per heavy atom. The van der Waals surface area contributed by atoms with Crippen LogP contribution in [-0.2, 0) is 19.9 Å². The Morgan fingerprint density at radius 2 is 1.61 bits per heavy atom. The van der Waals surface area contributed by atoms with E-state index in [0.29, 0.717) is 0 Å². The molecule has 0 unspecified atom stereocenters. The molecule has 0 saturated heterocycles.